The van der Waals surface area contributed by atoms with E-state index in [-0.39, 0.29) is 16.0 Å². The van der Waals surface area contributed by atoms with Crippen molar-refractivity contribution in [2.45, 2.75) is 26.2 Å². The molecule has 3 aromatic rings. The summed E-state index contributed by atoms with van der Waals surface area (Å²) in [5.41, 5.74) is 4.97. The second-order valence-corrected chi connectivity index (χ2v) is 10.3. The van der Waals surface area contributed by atoms with E-state index in [4.69, 9.17) is 9.72 Å². The van der Waals surface area contributed by atoms with E-state index in [0.29, 0.717) is 29.5 Å². The number of benzene rings is 1. The van der Waals surface area contributed by atoms with Gasteiger partial charge in [0.2, 0.25) is 0 Å². The van der Waals surface area contributed by atoms with Crippen molar-refractivity contribution in [2.24, 2.45) is 0 Å². The monoisotopic (exact) mass is 505 g/mol. The molecule has 10 nitrogen and oxygen atoms in total. The third-order valence-electron chi connectivity index (χ3n) is 6.60. The predicted octanol–water partition coefficient (Wildman–Crippen LogP) is 4.87. The quantitative estimate of drug-likeness (QED) is 0.322. The predicted molar refractivity (Wildman–Crippen MR) is 148 cm³/mol. The molecule has 37 heavy (non-hydrogen) atoms. The number of methoxy groups -OCH3 is 1. The number of nitro benzene ring substituents is 1. The van der Waals surface area contributed by atoms with Crippen LogP contribution in [0, 0.1) is 17.0 Å². The fraction of sp³-hybridized carbons (Fsp3) is 0.407. The lowest BCUT2D eigenvalue weighted by Gasteiger charge is -2.23. The molecule has 1 aromatic carbocycles. The summed E-state index contributed by atoms with van der Waals surface area (Å²) in [6, 6.07) is 11.2. The maximum Gasteiger partial charge on any atom is 0.294 e. The Labute approximate surface area is 218 Å². The van der Waals surface area contributed by atoms with Crippen molar-refractivity contribution in [1.29, 1.82) is 0 Å². The molecule has 0 saturated heterocycles. The molecule has 0 aliphatic carbocycles. The lowest BCUT2D eigenvalue weighted by Crippen LogP contribution is -2.28. The molecule has 0 atom stereocenters. The Morgan fingerprint density at radius 2 is 1.92 bits per heavy atom. The van der Waals surface area contributed by atoms with Gasteiger partial charge in [-0.05, 0) is 39.2 Å². The molecule has 4 rings (SSSR count). The fourth-order valence-corrected chi connectivity index (χ4v) is 4.59. The van der Waals surface area contributed by atoms with Gasteiger partial charge in [0.15, 0.2) is 0 Å². The van der Waals surface area contributed by atoms with Crippen LogP contribution in [-0.4, -0.2) is 67.7 Å². The Kier molecular flexibility index (Phi) is 7.22. The SMILES string of the molecule is COc1cc(N(C)CCN(C)C)c([N+](=O)[O-])cc1Nc1cc(N2CC(C)(C)c3nc(C)ccc32)ccn1. The number of rotatable bonds is 9. The van der Waals surface area contributed by atoms with Crippen LogP contribution in [0.1, 0.15) is 25.2 Å². The first kappa shape index (κ1) is 26.2. The van der Waals surface area contributed by atoms with E-state index in [1.54, 1.807) is 19.4 Å². The number of hydrogen-bond acceptors (Lipinski definition) is 9. The molecular formula is C27H35N7O3. The second-order valence-electron chi connectivity index (χ2n) is 10.3. The molecular weight excluding hydrogens is 470 g/mol. The van der Waals surface area contributed by atoms with Gasteiger partial charge >= 0.3 is 0 Å². The summed E-state index contributed by atoms with van der Waals surface area (Å²) in [6.07, 6.45) is 1.73. The zero-order valence-corrected chi connectivity index (χ0v) is 22.6. The number of anilines is 5. The van der Waals surface area contributed by atoms with Gasteiger partial charge in [-0.15, -0.1) is 0 Å². The van der Waals surface area contributed by atoms with Crippen molar-refractivity contribution >= 4 is 34.3 Å². The highest BCUT2D eigenvalue weighted by atomic mass is 16.6. The fourth-order valence-electron chi connectivity index (χ4n) is 4.59. The number of ether oxygens (including phenoxy) is 1. The van der Waals surface area contributed by atoms with Crippen LogP contribution in [0.2, 0.25) is 0 Å². The molecule has 1 N–H and O–H groups in total. The van der Waals surface area contributed by atoms with E-state index in [0.717, 1.165) is 35.9 Å². The van der Waals surface area contributed by atoms with Crippen LogP contribution < -0.4 is 19.9 Å². The Bertz CT molecular complexity index is 1310. The van der Waals surface area contributed by atoms with Gasteiger partial charge < -0.3 is 24.8 Å². The van der Waals surface area contributed by atoms with Crippen molar-refractivity contribution in [3.63, 3.8) is 0 Å². The average molecular weight is 506 g/mol. The molecule has 0 amide bonds. The largest absolute Gasteiger partial charge is 0.494 e. The van der Waals surface area contributed by atoms with E-state index in [1.165, 1.54) is 6.07 Å². The van der Waals surface area contributed by atoms with E-state index in [2.05, 4.69) is 35.1 Å². The summed E-state index contributed by atoms with van der Waals surface area (Å²) in [5, 5.41) is 15.2. The zero-order valence-electron chi connectivity index (χ0n) is 22.6. The maximum atomic E-state index is 12.0. The van der Waals surface area contributed by atoms with Crippen molar-refractivity contribution in [2.75, 3.05) is 63.0 Å². The van der Waals surface area contributed by atoms with Crippen molar-refractivity contribution in [3.05, 3.63) is 64.1 Å². The van der Waals surface area contributed by atoms with Gasteiger partial charge in [0.05, 0.1) is 29.1 Å². The molecule has 0 bridgehead atoms. The molecule has 0 radical (unpaired) electrons. The number of likely N-dealkylation sites (N-methyl/N-ethyl adjacent to an activating group) is 2. The molecule has 10 heteroatoms. The van der Waals surface area contributed by atoms with Gasteiger partial charge in [-0.1, -0.05) is 13.8 Å². The molecule has 1 aliphatic rings. The second kappa shape index (κ2) is 10.2. The zero-order chi connectivity index (χ0) is 26.9. The van der Waals surface area contributed by atoms with Crippen LogP contribution in [0.15, 0.2) is 42.6 Å². The Balaban J connectivity index is 1.66. The standard InChI is InChI=1S/C27H35N7O3/c1-18-8-9-21-26(29-18)27(2,3)17-33(21)19-10-11-28-25(14-19)30-20-15-23(34(35)36)22(16-24(20)37-7)32(6)13-12-31(4)5/h8-11,14-16H,12-13,17H2,1-7H3,(H,28,30). The Morgan fingerprint density at radius 1 is 1.16 bits per heavy atom. The van der Waals surface area contributed by atoms with Gasteiger partial charge in [0.1, 0.15) is 17.3 Å². The average Bonchev–Trinajstić information content (AvgIpc) is 3.12. The van der Waals surface area contributed by atoms with Crippen LogP contribution in [0.25, 0.3) is 0 Å². The Morgan fingerprint density at radius 3 is 2.59 bits per heavy atom. The van der Waals surface area contributed by atoms with Gasteiger partial charge in [0.25, 0.3) is 5.69 Å². The molecule has 0 saturated carbocycles. The molecule has 196 valence electrons. The topological polar surface area (TPSA) is 99.9 Å². The summed E-state index contributed by atoms with van der Waals surface area (Å²) in [6.45, 7) is 8.57. The number of fused-ring (bicyclic) bond motifs is 1. The number of aryl methyl sites for hydroxylation is 1. The highest BCUT2D eigenvalue weighted by molar-refractivity contribution is 5.78. The molecule has 0 unspecified atom stereocenters. The number of aromatic nitrogens is 2. The number of nitro groups is 1. The van der Waals surface area contributed by atoms with Crippen LogP contribution in [0.5, 0.6) is 5.75 Å². The molecule has 1 aliphatic heterocycles. The van der Waals surface area contributed by atoms with Gasteiger partial charge in [0, 0.05) is 67.9 Å². The molecule has 3 heterocycles. The number of pyridine rings is 2. The van der Waals surface area contributed by atoms with Gasteiger partial charge in [-0.3, -0.25) is 15.1 Å². The maximum absolute atomic E-state index is 12.0. The van der Waals surface area contributed by atoms with E-state index < -0.39 is 0 Å². The number of hydrogen-bond donors (Lipinski definition) is 1. The van der Waals surface area contributed by atoms with Crippen LogP contribution in [0.4, 0.5) is 34.3 Å². The third-order valence-corrected chi connectivity index (χ3v) is 6.60. The first-order chi connectivity index (χ1) is 17.5. The van der Waals surface area contributed by atoms with E-state index in [1.807, 2.05) is 56.1 Å². The number of nitrogens with one attached hydrogen (secondary N) is 1. The molecule has 0 spiro atoms. The minimum absolute atomic E-state index is 0.00243. The lowest BCUT2D eigenvalue weighted by molar-refractivity contribution is -0.384. The normalized spacial score (nSPS) is 14.0. The van der Waals surface area contributed by atoms with Crippen LogP contribution in [-0.2, 0) is 5.41 Å². The molecule has 2 aromatic heterocycles. The van der Waals surface area contributed by atoms with Crippen molar-refractivity contribution in [1.82, 2.24) is 14.9 Å². The number of nitrogens with zero attached hydrogens (tertiary/aromatic N) is 6. The summed E-state index contributed by atoms with van der Waals surface area (Å²) < 4.78 is 5.62. The van der Waals surface area contributed by atoms with Crippen LogP contribution in [0.3, 0.4) is 0 Å². The summed E-state index contributed by atoms with van der Waals surface area (Å²) >= 11 is 0. The smallest absolute Gasteiger partial charge is 0.294 e. The first-order valence-corrected chi connectivity index (χ1v) is 12.2. The summed E-state index contributed by atoms with van der Waals surface area (Å²) in [7, 11) is 7.33. The highest BCUT2D eigenvalue weighted by Crippen LogP contribution is 2.44. The summed E-state index contributed by atoms with van der Waals surface area (Å²) in [4.78, 5) is 27.0. The van der Waals surface area contributed by atoms with E-state index >= 15 is 0 Å². The van der Waals surface area contributed by atoms with Crippen molar-refractivity contribution < 1.29 is 9.66 Å². The molecule has 0 fully saturated rings. The minimum atomic E-state index is -0.367. The van der Waals surface area contributed by atoms with Crippen molar-refractivity contribution in [3.8, 4) is 5.75 Å². The minimum Gasteiger partial charge on any atom is -0.494 e. The van der Waals surface area contributed by atoms with E-state index in [9.17, 15) is 10.1 Å². The Hall–Kier alpha value is -3.92. The third kappa shape index (κ3) is 5.43. The summed E-state index contributed by atoms with van der Waals surface area (Å²) in [5.74, 6) is 1.06. The van der Waals surface area contributed by atoms with Crippen LogP contribution >= 0.6 is 0 Å². The van der Waals surface area contributed by atoms with Gasteiger partial charge in [-0.25, -0.2) is 4.98 Å². The van der Waals surface area contributed by atoms with Gasteiger partial charge in [-0.2, -0.15) is 0 Å². The highest BCUT2D eigenvalue weighted by Gasteiger charge is 2.37. The lowest BCUT2D eigenvalue weighted by atomic mass is 9.91. The first-order valence-electron chi connectivity index (χ1n) is 12.2.